The van der Waals surface area contributed by atoms with Crippen molar-refractivity contribution in [1.82, 2.24) is 0 Å². The van der Waals surface area contributed by atoms with Crippen LogP contribution in [-0.4, -0.2) is 28.1 Å². The Morgan fingerprint density at radius 3 is 2.58 bits per heavy atom. The summed E-state index contributed by atoms with van der Waals surface area (Å²) in [6.07, 6.45) is 1.46. The zero-order valence-electron chi connectivity index (χ0n) is 7.62. The van der Waals surface area contributed by atoms with Gasteiger partial charge in [0, 0.05) is 0 Å². The number of carboxylic acids is 1. The number of aliphatic carboxylic acids is 1. The first-order valence-corrected chi connectivity index (χ1v) is 5.19. The van der Waals surface area contributed by atoms with Crippen LogP contribution < -0.4 is 5.73 Å². The maximum Gasteiger partial charge on any atom is 0.320 e. The average molecular weight is 191 g/mol. The van der Waals surface area contributed by atoms with Crippen molar-refractivity contribution in [2.24, 2.45) is 5.73 Å². The van der Waals surface area contributed by atoms with Gasteiger partial charge in [0.25, 0.3) is 0 Å². The Kier molecular flexibility index (Phi) is 6.20. The smallest absolute Gasteiger partial charge is 0.320 e. The molecule has 0 saturated heterocycles. The van der Waals surface area contributed by atoms with Gasteiger partial charge in [-0.25, -0.2) is 0 Å². The van der Waals surface area contributed by atoms with E-state index in [4.69, 9.17) is 10.8 Å². The van der Waals surface area contributed by atoms with E-state index < -0.39 is 12.0 Å². The van der Waals surface area contributed by atoms with Crippen molar-refractivity contribution >= 4 is 17.7 Å². The molecule has 0 spiro atoms. The fourth-order valence-corrected chi connectivity index (χ4v) is 1.55. The molecule has 3 N–H and O–H groups in total. The van der Waals surface area contributed by atoms with Gasteiger partial charge in [0.15, 0.2) is 0 Å². The Balaban J connectivity index is 3.25. The van der Waals surface area contributed by atoms with Crippen molar-refractivity contribution in [2.75, 3.05) is 5.75 Å². The highest BCUT2D eigenvalue weighted by Crippen LogP contribution is 2.11. The lowest BCUT2D eigenvalue weighted by atomic mass is 10.2. The zero-order chi connectivity index (χ0) is 9.56. The summed E-state index contributed by atoms with van der Waals surface area (Å²) in [5, 5.41) is 9.08. The fraction of sp³-hybridized carbons (Fsp3) is 0.875. The van der Waals surface area contributed by atoms with Crippen molar-refractivity contribution in [3.05, 3.63) is 0 Å². The van der Waals surface area contributed by atoms with Gasteiger partial charge in [0.1, 0.15) is 6.04 Å². The molecule has 0 fully saturated rings. The second-order valence-electron chi connectivity index (χ2n) is 3.01. The van der Waals surface area contributed by atoms with Gasteiger partial charge in [0.05, 0.1) is 0 Å². The van der Waals surface area contributed by atoms with E-state index in [0.29, 0.717) is 11.7 Å². The molecule has 12 heavy (non-hydrogen) atoms. The normalized spacial score (nSPS) is 13.3. The maximum absolute atomic E-state index is 10.3. The van der Waals surface area contributed by atoms with Gasteiger partial charge < -0.3 is 10.8 Å². The molecule has 3 nitrogen and oxygen atoms in total. The zero-order valence-corrected chi connectivity index (χ0v) is 8.43. The number of carboxylic acid groups (broad SMARTS) is 1. The van der Waals surface area contributed by atoms with Crippen LogP contribution in [0.4, 0.5) is 0 Å². The number of rotatable bonds is 6. The molecule has 1 unspecified atom stereocenters. The minimum Gasteiger partial charge on any atom is -0.480 e. The van der Waals surface area contributed by atoms with Crippen molar-refractivity contribution in [3.8, 4) is 0 Å². The van der Waals surface area contributed by atoms with E-state index in [1.807, 2.05) is 11.8 Å². The van der Waals surface area contributed by atoms with Crippen LogP contribution in [0.3, 0.4) is 0 Å². The Hall–Kier alpha value is -0.220. The first-order chi connectivity index (χ1) is 5.54. The molecule has 0 bridgehead atoms. The average Bonchev–Trinajstić information content (AvgIpc) is 1.97. The van der Waals surface area contributed by atoms with Crippen LogP contribution in [0.2, 0.25) is 0 Å². The van der Waals surface area contributed by atoms with E-state index >= 15 is 0 Å². The molecule has 1 atom stereocenters. The van der Waals surface area contributed by atoms with Crippen molar-refractivity contribution in [1.29, 1.82) is 0 Å². The summed E-state index contributed by atoms with van der Waals surface area (Å²) in [4.78, 5) is 10.3. The lowest BCUT2D eigenvalue weighted by molar-refractivity contribution is -0.138. The lowest BCUT2D eigenvalue weighted by Gasteiger charge is -2.06. The Labute approximate surface area is 77.7 Å². The molecule has 0 heterocycles. The van der Waals surface area contributed by atoms with E-state index in [-0.39, 0.29) is 0 Å². The summed E-state index contributed by atoms with van der Waals surface area (Å²) < 4.78 is 0. The second-order valence-corrected chi connectivity index (χ2v) is 4.69. The van der Waals surface area contributed by atoms with Gasteiger partial charge in [-0.15, -0.1) is 0 Å². The molecule has 0 aliphatic heterocycles. The largest absolute Gasteiger partial charge is 0.480 e. The molecule has 0 radical (unpaired) electrons. The maximum atomic E-state index is 10.3. The number of hydrogen-bond acceptors (Lipinski definition) is 3. The molecule has 4 heteroatoms. The van der Waals surface area contributed by atoms with Gasteiger partial charge in [0.2, 0.25) is 0 Å². The summed E-state index contributed by atoms with van der Waals surface area (Å²) in [6, 6.07) is -0.683. The van der Waals surface area contributed by atoms with E-state index in [1.54, 1.807) is 0 Å². The molecule has 0 aromatic heterocycles. The Morgan fingerprint density at radius 1 is 1.58 bits per heavy atom. The van der Waals surface area contributed by atoms with Gasteiger partial charge >= 0.3 is 5.97 Å². The molecule has 0 aliphatic carbocycles. The molecule has 72 valence electrons. The minimum atomic E-state index is -0.899. The molecule has 0 aromatic carbocycles. The summed E-state index contributed by atoms with van der Waals surface area (Å²) in [5.41, 5.74) is 5.32. The predicted molar refractivity (Wildman–Crippen MR) is 52.4 cm³/mol. The molecule has 0 amide bonds. The number of carbonyl (C=O) groups is 1. The van der Waals surface area contributed by atoms with E-state index in [0.717, 1.165) is 12.2 Å². The van der Waals surface area contributed by atoms with E-state index in [9.17, 15) is 4.79 Å². The third kappa shape index (κ3) is 6.49. The molecule has 0 aromatic rings. The summed E-state index contributed by atoms with van der Waals surface area (Å²) in [6.45, 7) is 4.25. The van der Waals surface area contributed by atoms with E-state index in [2.05, 4.69) is 13.8 Å². The fourth-order valence-electron chi connectivity index (χ4n) is 0.746. The van der Waals surface area contributed by atoms with Crippen LogP contribution in [0.15, 0.2) is 0 Å². The number of hydrogen-bond donors (Lipinski definition) is 2. The summed E-state index contributed by atoms with van der Waals surface area (Å²) in [5.74, 6) is 0.100. The van der Waals surface area contributed by atoms with Gasteiger partial charge in [-0.2, -0.15) is 11.8 Å². The van der Waals surface area contributed by atoms with Crippen molar-refractivity contribution < 1.29 is 9.90 Å². The highest BCUT2D eigenvalue weighted by molar-refractivity contribution is 7.99. The van der Waals surface area contributed by atoms with Crippen molar-refractivity contribution in [3.63, 3.8) is 0 Å². The Morgan fingerprint density at radius 2 is 2.17 bits per heavy atom. The van der Waals surface area contributed by atoms with Crippen LogP contribution >= 0.6 is 11.8 Å². The summed E-state index contributed by atoms with van der Waals surface area (Å²) >= 11 is 1.84. The predicted octanol–water partition coefficient (Wildman–Crippen LogP) is 1.32. The topological polar surface area (TPSA) is 63.3 Å². The third-order valence-electron chi connectivity index (χ3n) is 1.43. The minimum absolute atomic E-state index is 0.578. The SMILES string of the molecule is CC(C)SCCCC(N)C(=O)O. The van der Waals surface area contributed by atoms with Crippen LogP contribution in [-0.2, 0) is 4.79 Å². The standard InChI is InChI=1S/C8H17NO2S/c1-6(2)12-5-3-4-7(9)8(10)11/h6-7H,3-5,9H2,1-2H3,(H,10,11). The van der Waals surface area contributed by atoms with Crippen LogP contribution in [0.25, 0.3) is 0 Å². The molecule has 0 aliphatic rings. The third-order valence-corrected chi connectivity index (χ3v) is 2.62. The van der Waals surface area contributed by atoms with Gasteiger partial charge in [-0.3, -0.25) is 4.79 Å². The second kappa shape index (κ2) is 6.31. The summed E-state index contributed by atoms with van der Waals surface area (Å²) in [7, 11) is 0. The molecule has 0 saturated carbocycles. The highest BCUT2D eigenvalue weighted by Gasteiger charge is 2.09. The Bertz CT molecular complexity index is 139. The molecular formula is C8H17NO2S. The first kappa shape index (κ1) is 11.8. The molecule has 0 rings (SSSR count). The number of nitrogens with two attached hydrogens (primary N) is 1. The van der Waals surface area contributed by atoms with Crippen LogP contribution in [0, 0.1) is 0 Å². The first-order valence-electron chi connectivity index (χ1n) is 4.14. The lowest BCUT2D eigenvalue weighted by Crippen LogP contribution is -2.29. The van der Waals surface area contributed by atoms with E-state index in [1.165, 1.54) is 0 Å². The van der Waals surface area contributed by atoms with Crippen LogP contribution in [0.1, 0.15) is 26.7 Å². The van der Waals surface area contributed by atoms with Gasteiger partial charge in [-0.05, 0) is 23.8 Å². The van der Waals surface area contributed by atoms with Crippen LogP contribution in [0.5, 0.6) is 0 Å². The van der Waals surface area contributed by atoms with Gasteiger partial charge in [-0.1, -0.05) is 13.8 Å². The van der Waals surface area contributed by atoms with Crippen molar-refractivity contribution in [2.45, 2.75) is 38.0 Å². The number of thioether (sulfide) groups is 1. The molecular weight excluding hydrogens is 174 g/mol. The monoisotopic (exact) mass is 191 g/mol. The quantitative estimate of drug-likeness (QED) is 0.621. The highest BCUT2D eigenvalue weighted by atomic mass is 32.2.